The third kappa shape index (κ3) is 4.20. The van der Waals surface area contributed by atoms with Crippen molar-refractivity contribution in [3.05, 3.63) is 45.8 Å². The maximum Gasteiger partial charge on any atom is 0.307 e. The van der Waals surface area contributed by atoms with Crippen molar-refractivity contribution in [1.29, 1.82) is 0 Å². The SMILES string of the molecule is CC(=O)Nc1sc(C)c(C)c1C(=O)Nc1ccc(CC(=O)O)cc1. The summed E-state index contributed by atoms with van der Waals surface area (Å²) in [7, 11) is 0. The summed E-state index contributed by atoms with van der Waals surface area (Å²) >= 11 is 1.36. The molecule has 24 heavy (non-hydrogen) atoms. The minimum absolute atomic E-state index is 0.0657. The number of carboxylic acids is 1. The van der Waals surface area contributed by atoms with Gasteiger partial charge < -0.3 is 15.7 Å². The Kier molecular flexibility index (Phi) is 5.35. The highest BCUT2D eigenvalue weighted by molar-refractivity contribution is 7.16. The van der Waals surface area contributed by atoms with Crippen LogP contribution in [0.1, 0.15) is 33.3 Å². The molecule has 0 aliphatic rings. The van der Waals surface area contributed by atoms with Crippen molar-refractivity contribution in [2.75, 3.05) is 10.6 Å². The lowest BCUT2D eigenvalue weighted by Gasteiger charge is -2.08. The topological polar surface area (TPSA) is 95.5 Å². The first kappa shape index (κ1) is 17.7. The zero-order valence-electron chi connectivity index (χ0n) is 13.6. The first-order chi connectivity index (χ1) is 11.3. The van der Waals surface area contributed by atoms with Crippen molar-refractivity contribution < 1.29 is 19.5 Å². The average Bonchev–Trinajstić information content (AvgIpc) is 2.74. The van der Waals surface area contributed by atoms with Crippen molar-refractivity contribution in [3.8, 4) is 0 Å². The molecule has 0 aliphatic heterocycles. The molecule has 2 aromatic rings. The number of benzene rings is 1. The largest absolute Gasteiger partial charge is 0.481 e. The van der Waals surface area contributed by atoms with Crippen LogP contribution in [0.3, 0.4) is 0 Å². The van der Waals surface area contributed by atoms with E-state index in [-0.39, 0.29) is 18.2 Å². The molecule has 0 atom stereocenters. The Morgan fingerprint density at radius 1 is 1.08 bits per heavy atom. The Morgan fingerprint density at radius 3 is 2.25 bits per heavy atom. The van der Waals surface area contributed by atoms with Gasteiger partial charge in [-0.2, -0.15) is 0 Å². The van der Waals surface area contributed by atoms with Crippen LogP contribution in [0.2, 0.25) is 0 Å². The maximum atomic E-state index is 12.6. The number of aryl methyl sites for hydroxylation is 1. The van der Waals surface area contributed by atoms with Crippen LogP contribution >= 0.6 is 11.3 Å². The molecule has 0 fully saturated rings. The molecule has 0 saturated carbocycles. The van der Waals surface area contributed by atoms with Gasteiger partial charge in [0.15, 0.2) is 0 Å². The van der Waals surface area contributed by atoms with Gasteiger partial charge >= 0.3 is 5.97 Å². The van der Waals surface area contributed by atoms with Gasteiger partial charge in [0, 0.05) is 17.5 Å². The molecule has 1 heterocycles. The molecule has 2 rings (SSSR count). The van der Waals surface area contributed by atoms with Gasteiger partial charge in [0.1, 0.15) is 5.00 Å². The average molecular weight is 346 g/mol. The van der Waals surface area contributed by atoms with Crippen molar-refractivity contribution >= 4 is 39.8 Å². The highest BCUT2D eigenvalue weighted by Gasteiger charge is 2.20. The Morgan fingerprint density at radius 2 is 1.71 bits per heavy atom. The zero-order valence-corrected chi connectivity index (χ0v) is 14.4. The molecule has 0 spiro atoms. The molecular formula is C17H18N2O4S. The van der Waals surface area contributed by atoms with Crippen molar-refractivity contribution in [1.82, 2.24) is 0 Å². The number of hydrogen-bond acceptors (Lipinski definition) is 4. The number of nitrogens with one attached hydrogen (secondary N) is 2. The van der Waals surface area contributed by atoms with Gasteiger partial charge in [0.2, 0.25) is 5.91 Å². The standard InChI is InChI=1S/C17H18N2O4S/c1-9-10(2)24-17(18-11(3)20)15(9)16(23)19-13-6-4-12(5-7-13)8-14(21)22/h4-7H,8H2,1-3H3,(H,18,20)(H,19,23)(H,21,22). The third-order valence-corrected chi connectivity index (χ3v) is 4.59. The molecule has 126 valence electrons. The lowest BCUT2D eigenvalue weighted by Crippen LogP contribution is -2.16. The fraction of sp³-hybridized carbons (Fsp3) is 0.235. The lowest BCUT2D eigenvalue weighted by molar-refractivity contribution is -0.136. The normalized spacial score (nSPS) is 10.3. The summed E-state index contributed by atoms with van der Waals surface area (Å²) in [5.41, 5.74) is 2.49. The molecule has 1 aromatic carbocycles. The second kappa shape index (κ2) is 7.27. The predicted octanol–water partition coefficient (Wildman–Crippen LogP) is 3.20. The van der Waals surface area contributed by atoms with Gasteiger partial charge in [-0.3, -0.25) is 14.4 Å². The van der Waals surface area contributed by atoms with Crippen LogP contribution in [-0.2, 0) is 16.0 Å². The van der Waals surface area contributed by atoms with E-state index >= 15 is 0 Å². The summed E-state index contributed by atoms with van der Waals surface area (Å²) in [4.78, 5) is 35.5. The Labute approximate surface area is 143 Å². The fourth-order valence-electron chi connectivity index (χ4n) is 2.22. The molecule has 0 aliphatic carbocycles. The monoisotopic (exact) mass is 346 g/mol. The summed E-state index contributed by atoms with van der Waals surface area (Å²) in [6, 6.07) is 6.62. The van der Waals surface area contributed by atoms with Gasteiger partial charge in [-0.1, -0.05) is 12.1 Å². The molecule has 2 amide bonds. The molecule has 6 nitrogen and oxygen atoms in total. The molecule has 0 radical (unpaired) electrons. The van der Waals surface area contributed by atoms with E-state index in [0.717, 1.165) is 10.4 Å². The van der Waals surface area contributed by atoms with E-state index in [9.17, 15) is 14.4 Å². The lowest BCUT2D eigenvalue weighted by atomic mass is 10.1. The second-order valence-electron chi connectivity index (χ2n) is 5.39. The Hall–Kier alpha value is -2.67. The highest BCUT2D eigenvalue weighted by atomic mass is 32.1. The summed E-state index contributed by atoms with van der Waals surface area (Å²) in [6.07, 6.45) is -0.0657. The van der Waals surface area contributed by atoms with Crippen LogP contribution in [-0.4, -0.2) is 22.9 Å². The smallest absolute Gasteiger partial charge is 0.307 e. The number of carbonyl (C=O) groups is 3. The summed E-state index contributed by atoms with van der Waals surface area (Å²) in [6.45, 7) is 5.12. The van der Waals surface area contributed by atoms with E-state index in [0.29, 0.717) is 21.8 Å². The van der Waals surface area contributed by atoms with Crippen LogP contribution in [0.5, 0.6) is 0 Å². The van der Waals surface area contributed by atoms with E-state index in [1.165, 1.54) is 18.3 Å². The molecule has 0 unspecified atom stereocenters. The maximum absolute atomic E-state index is 12.6. The Bertz CT molecular complexity index is 794. The third-order valence-electron chi connectivity index (χ3n) is 3.47. The minimum Gasteiger partial charge on any atom is -0.481 e. The number of aliphatic carboxylic acids is 1. The fourth-order valence-corrected chi connectivity index (χ4v) is 3.33. The first-order valence-electron chi connectivity index (χ1n) is 7.27. The van der Waals surface area contributed by atoms with Gasteiger partial charge in [-0.25, -0.2) is 0 Å². The van der Waals surface area contributed by atoms with E-state index < -0.39 is 5.97 Å². The number of carboxylic acid groups (broad SMARTS) is 1. The zero-order chi connectivity index (χ0) is 17.9. The second-order valence-corrected chi connectivity index (χ2v) is 6.61. The van der Waals surface area contributed by atoms with E-state index in [4.69, 9.17) is 5.11 Å². The van der Waals surface area contributed by atoms with Crippen LogP contribution in [0, 0.1) is 13.8 Å². The Balaban J connectivity index is 2.20. The van der Waals surface area contributed by atoms with E-state index in [1.54, 1.807) is 24.3 Å². The number of hydrogen-bond donors (Lipinski definition) is 3. The molecule has 0 saturated heterocycles. The van der Waals surface area contributed by atoms with Crippen molar-refractivity contribution in [3.63, 3.8) is 0 Å². The minimum atomic E-state index is -0.906. The van der Waals surface area contributed by atoms with Gasteiger partial charge in [-0.15, -0.1) is 11.3 Å². The summed E-state index contributed by atoms with van der Waals surface area (Å²) in [5, 5.41) is 14.7. The van der Waals surface area contributed by atoms with Crippen molar-refractivity contribution in [2.45, 2.75) is 27.2 Å². The number of anilines is 2. The summed E-state index contributed by atoms with van der Waals surface area (Å²) < 4.78 is 0. The van der Waals surface area contributed by atoms with Gasteiger partial charge in [-0.05, 0) is 37.1 Å². The van der Waals surface area contributed by atoms with Crippen molar-refractivity contribution in [2.24, 2.45) is 0 Å². The van der Waals surface area contributed by atoms with Crippen LogP contribution in [0.4, 0.5) is 10.7 Å². The van der Waals surface area contributed by atoms with Crippen LogP contribution in [0.25, 0.3) is 0 Å². The van der Waals surface area contributed by atoms with Gasteiger partial charge in [0.25, 0.3) is 5.91 Å². The number of carbonyl (C=O) groups excluding carboxylic acids is 2. The number of rotatable bonds is 5. The summed E-state index contributed by atoms with van der Waals surface area (Å²) in [5.74, 6) is -1.45. The predicted molar refractivity (Wildman–Crippen MR) is 93.8 cm³/mol. The quantitative estimate of drug-likeness (QED) is 0.775. The molecule has 1 aromatic heterocycles. The van der Waals surface area contributed by atoms with Gasteiger partial charge in [0.05, 0.1) is 12.0 Å². The molecule has 7 heteroatoms. The molecule has 0 bridgehead atoms. The van der Waals surface area contributed by atoms with E-state index in [2.05, 4.69) is 10.6 Å². The number of thiophene rings is 1. The highest BCUT2D eigenvalue weighted by Crippen LogP contribution is 2.33. The molecular weight excluding hydrogens is 328 g/mol. The molecule has 3 N–H and O–H groups in total. The van der Waals surface area contributed by atoms with Crippen LogP contribution < -0.4 is 10.6 Å². The first-order valence-corrected chi connectivity index (χ1v) is 8.09. The number of amides is 2. The van der Waals surface area contributed by atoms with E-state index in [1.807, 2.05) is 13.8 Å². The van der Waals surface area contributed by atoms with Crippen LogP contribution in [0.15, 0.2) is 24.3 Å².